The molecule has 1 aromatic heterocycles. The maximum atomic E-state index is 12.0. The maximum Gasteiger partial charge on any atom is 0.270 e. The molecule has 0 aliphatic carbocycles. The summed E-state index contributed by atoms with van der Waals surface area (Å²) < 4.78 is 1.13. The van der Waals surface area contributed by atoms with Crippen LogP contribution in [0.2, 0.25) is 0 Å². The van der Waals surface area contributed by atoms with Crippen LogP contribution in [-0.2, 0) is 0 Å². The Hall–Kier alpha value is -1.17. The summed E-state index contributed by atoms with van der Waals surface area (Å²) >= 11 is 2.34. The molecule has 0 aliphatic rings. The number of aromatic nitrogens is 1. The van der Waals surface area contributed by atoms with Crippen molar-refractivity contribution in [3.8, 4) is 0 Å². The van der Waals surface area contributed by atoms with Gasteiger partial charge in [-0.1, -0.05) is 46.9 Å². The van der Waals surface area contributed by atoms with Gasteiger partial charge in [0.15, 0.2) is 0 Å². The van der Waals surface area contributed by atoms with Crippen molar-refractivity contribution in [1.29, 1.82) is 0 Å². The van der Waals surface area contributed by atoms with E-state index in [9.17, 15) is 4.79 Å². The number of rotatable bonds is 5. The maximum absolute atomic E-state index is 12.0. The summed E-state index contributed by atoms with van der Waals surface area (Å²) in [5.74, 6) is -0.0831. The van der Waals surface area contributed by atoms with E-state index in [4.69, 9.17) is 0 Å². The topological polar surface area (TPSA) is 42.0 Å². The zero-order valence-corrected chi connectivity index (χ0v) is 12.2. The lowest BCUT2D eigenvalue weighted by molar-refractivity contribution is 0.0950. The first kappa shape index (κ1) is 13.3. The molecule has 4 heteroatoms. The fraction of sp³-hybridized carbons (Fsp3) is 0.286. The summed E-state index contributed by atoms with van der Waals surface area (Å²) in [6.45, 7) is 0.715. The van der Waals surface area contributed by atoms with Crippen LogP contribution >= 0.6 is 22.6 Å². The standard InChI is InChI=1S/C14H15IN2O/c15-8-3-4-9-17-14(18)13-12-6-2-1-5-11(12)7-10-16-13/h1-2,5-7,10H,3-4,8-9H2,(H,17,18). The van der Waals surface area contributed by atoms with E-state index in [0.29, 0.717) is 12.2 Å². The van der Waals surface area contributed by atoms with Gasteiger partial charge < -0.3 is 5.32 Å². The number of nitrogens with one attached hydrogen (secondary N) is 1. The minimum atomic E-state index is -0.0831. The number of unbranched alkanes of at least 4 members (excludes halogenated alkanes) is 1. The fourth-order valence-electron chi connectivity index (χ4n) is 1.81. The lowest BCUT2D eigenvalue weighted by Crippen LogP contribution is -2.25. The van der Waals surface area contributed by atoms with E-state index in [1.54, 1.807) is 6.20 Å². The molecule has 0 saturated heterocycles. The third-order valence-electron chi connectivity index (χ3n) is 2.73. The fourth-order valence-corrected chi connectivity index (χ4v) is 2.35. The number of halogens is 1. The van der Waals surface area contributed by atoms with Crippen molar-refractivity contribution in [3.05, 3.63) is 42.2 Å². The second-order valence-corrected chi connectivity index (χ2v) is 5.11. The molecule has 1 heterocycles. The van der Waals surface area contributed by atoms with Gasteiger partial charge in [0.2, 0.25) is 0 Å². The number of fused-ring (bicyclic) bond motifs is 1. The molecule has 0 bridgehead atoms. The average molecular weight is 354 g/mol. The number of carbonyl (C=O) groups excluding carboxylic acids is 1. The third kappa shape index (κ3) is 3.19. The number of hydrogen-bond acceptors (Lipinski definition) is 2. The molecule has 1 aromatic carbocycles. The number of amides is 1. The molecule has 2 aromatic rings. The van der Waals surface area contributed by atoms with Crippen LogP contribution < -0.4 is 5.32 Å². The molecule has 0 aliphatic heterocycles. The summed E-state index contributed by atoms with van der Waals surface area (Å²) in [6.07, 6.45) is 3.82. The van der Waals surface area contributed by atoms with Crippen LogP contribution in [-0.4, -0.2) is 21.9 Å². The Morgan fingerprint density at radius 2 is 2.06 bits per heavy atom. The molecule has 3 nitrogen and oxygen atoms in total. The van der Waals surface area contributed by atoms with E-state index < -0.39 is 0 Å². The second kappa shape index (κ2) is 6.68. The third-order valence-corrected chi connectivity index (χ3v) is 3.50. The highest BCUT2D eigenvalue weighted by molar-refractivity contribution is 14.1. The van der Waals surface area contributed by atoms with Crippen LogP contribution in [0, 0.1) is 0 Å². The Morgan fingerprint density at radius 3 is 2.89 bits per heavy atom. The van der Waals surface area contributed by atoms with Crippen LogP contribution in [0.25, 0.3) is 10.8 Å². The van der Waals surface area contributed by atoms with Crippen molar-refractivity contribution in [2.45, 2.75) is 12.8 Å². The largest absolute Gasteiger partial charge is 0.351 e. The van der Waals surface area contributed by atoms with Gasteiger partial charge in [0, 0.05) is 18.1 Å². The van der Waals surface area contributed by atoms with E-state index >= 15 is 0 Å². The average Bonchev–Trinajstić information content (AvgIpc) is 2.43. The van der Waals surface area contributed by atoms with E-state index in [1.807, 2.05) is 30.3 Å². The molecule has 1 N–H and O–H groups in total. The highest BCUT2D eigenvalue weighted by Crippen LogP contribution is 2.15. The Bertz CT molecular complexity index is 537. The van der Waals surface area contributed by atoms with Crippen LogP contribution in [0.3, 0.4) is 0 Å². The van der Waals surface area contributed by atoms with Crippen LogP contribution in [0.15, 0.2) is 36.5 Å². The zero-order valence-electron chi connectivity index (χ0n) is 10.0. The van der Waals surface area contributed by atoms with E-state index in [0.717, 1.165) is 28.0 Å². The summed E-state index contributed by atoms with van der Waals surface area (Å²) in [5.41, 5.74) is 0.516. The predicted molar refractivity (Wildman–Crippen MR) is 82.2 cm³/mol. The molecule has 0 radical (unpaired) electrons. The van der Waals surface area contributed by atoms with E-state index in [-0.39, 0.29) is 5.91 Å². The number of carbonyl (C=O) groups is 1. The van der Waals surface area contributed by atoms with Gasteiger partial charge in [-0.15, -0.1) is 0 Å². The molecule has 1 amide bonds. The molecule has 0 unspecified atom stereocenters. The summed E-state index contributed by atoms with van der Waals surface area (Å²) in [5, 5.41) is 4.88. The highest BCUT2D eigenvalue weighted by atomic mass is 127. The number of pyridine rings is 1. The van der Waals surface area contributed by atoms with Crippen molar-refractivity contribution in [2.24, 2.45) is 0 Å². The van der Waals surface area contributed by atoms with Gasteiger partial charge in [0.25, 0.3) is 5.91 Å². The molecule has 0 atom stereocenters. The van der Waals surface area contributed by atoms with Crippen molar-refractivity contribution in [3.63, 3.8) is 0 Å². The Morgan fingerprint density at radius 1 is 1.22 bits per heavy atom. The number of benzene rings is 1. The summed E-state index contributed by atoms with van der Waals surface area (Å²) in [7, 11) is 0. The normalized spacial score (nSPS) is 10.5. The number of hydrogen-bond donors (Lipinski definition) is 1. The minimum absolute atomic E-state index is 0.0831. The molecule has 0 spiro atoms. The van der Waals surface area contributed by atoms with Crippen molar-refractivity contribution in [2.75, 3.05) is 11.0 Å². The first-order valence-electron chi connectivity index (χ1n) is 6.01. The van der Waals surface area contributed by atoms with E-state index in [2.05, 4.69) is 32.9 Å². The summed E-state index contributed by atoms with van der Waals surface area (Å²) in [6, 6.07) is 9.73. The Balaban J connectivity index is 2.13. The predicted octanol–water partition coefficient (Wildman–Crippen LogP) is 3.18. The van der Waals surface area contributed by atoms with E-state index in [1.165, 1.54) is 0 Å². The summed E-state index contributed by atoms with van der Waals surface area (Å²) in [4.78, 5) is 16.2. The lowest BCUT2D eigenvalue weighted by atomic mass is 10.1. The molecular formula is C14H15IN2O. The molecule has 94 valence electrons. The van der Waals surface area contributed by atoms with Gasteiger partial charge in [-0.2, -0.15) is 0 Å². The molecule has 0 fully saturated rings. The first-order chi connectivity index (χ1) is 8.83. The van der Waals surface area contributed by atoms with Gasteiger partial charge in [-0.25, -0.2) is 0 Å². The van der Waals surface area contributed by atoms with Gasteiger partial charge in [0.1, 0.15) is 5.69 Å². The van der Waals surface area contributed by atoms with Crippen molar-refractivity contribution < 1.29 is 4.79 Å². The minimum Gasteiger partial charge on any atom is -0.351 e. The zero-order chi connectivity index (χ0) is 12.8. The first-order valence-corrected chi connectivity index (χ1v) is 7.53. The Kier molecular flexibility index (Phi) is 4.92. The van der Waals surface area contributed by atoms with Crippen LogP contribution in [0.4, 0.5) is 0 Å². The smallest absolute Gasteiger partial charge is 0.270 e. The monoisotopic (exact) mass is 354 g/mol. The van der Waals surface area contributed by atoms with Gasteiger partial charge in [0.05, 0.1) is 0 Å². The quantitative estimate of drug-likeness (QED) is 0.509. The molecule has 18 heavy (non-hydrogen) atoms. The van der Waals surface area contributed by atoms with Gasteiger partial charge in [-0.3, -0.25) is 9.78 Å². The van der Waals surface area contributed by atoms with Crippen LogP contribution in [0.1, 0.15) is 23.3 Å². The molecule has 0 saturated carbocycles. The lowest BCUT2D eigenvalue weighted by Gasteiger charge is -2.06. The van der Waals surface area contributed by atoms with Gasteiger partial charge in [-0.05, 0) is 28.7 Å². The van der Waals surface area contributed by atoms with Crippen molar-refractivity contribution >= 4 is 39.3 Å². The number of nitrogens with zero attached hydrogens (tertiary/aromatic N) is 1. The number of alkyl halides is 1. The van der Waals surface area contributed by atoms with Gasteiger partial charge >= 0.3 is 0 Å². The highest BCUT2D eigenvalue weighted by Gasteiger charge is 2.10. The van der Waals surface area contributed by atoms with Crippen molar-refractivity contribution in [1.82, 2.24) is 10.3 Å². The van der Waals surface area contributed by atoms with Crippen LogP contribution in [0.5, 0.6) is 0 Å². The Labute approximate surface area is 120 Å². The second-order valence-electron chi connectivity index (χ2n) is 4.03. The SMILES string of the molecule is O=C(NCCCCI)c1nccc2ccccc12. The molecule has 2 rings (SSSR count). The molecular weight excluding hydrogens is 339 g/mol.